The molecule has 1 heterocycles. The zero-order valence-corrected chi connectivity index (χ0v) is 10.8. The molecule has 0 saturated carbocycles. The molecule has 5 nitrogen and oxygen atoms in total. The molecule has 0 amide bonds. The van der Waals surface area contributed by atoms with Crippen molar-refractivity contribution in [1.29, 1.82) is 0 Å². The number of hydrogen-bond donors (Lipinski definition) is 1. The van der Waals surface area contributed by atoms with Crippen LogP contribution in [0.2, 0.25) is 0 Å². The molecular weight excluding hydrogens is 252 g/mol. The van der Waals surface area contributed by atoms with Gasteiger partial charge < -0.3 is 9.47 Å². The van der Waals surface area contributed by atoms with Crippen molar-refractivity contribution in [3.05, 3.63) is 40.3 Å². The first kappa shape index (κ1) is 12.8. The average Bonchev–Trinajstić information content (AvgIpc) is 2.85. The van der Waals surface area contributed by atoms with Crippen LogP contribution >= 0.6 is 11.3 Å². The van der Waals surface area contributed by atoms with E-state index in [-0.39, 0.29) is 0 Å². The fourth-order valence-electron chi connectivity index (χ4n) is 1.38. The van der Waals surface area contributed by atoms with E-state index in [0.717, 1.165) is 22.2 Å². The third-order valence-electron chi connectivity index (χ3n) is 2.25. The zero-order chi connectivity index (χ0) is 12.8. The van der Waals surface area contributed by atoms with E-state index >= 15 is 0 Å². The minimum atomic E-state index is 0.318. The van der Waals surface area contributed by atoms with Gasteiger partial charge in [-0.05, 0) is 24.3 Å². The van der Waals surface area contributed by atoms with E-state index < -0.39 is 0 Å². The first-order valence-electron chi connectivity index (χ1n) is 5.33. The Hall–Kier alpha value is -1.63. The van der Waals surface area contributed by atoms with Gasteiger partial charge in [0.25, 0.3) is 0 Å². The largest absolute Gasteiger partial charge is 0.497 e. The van der Waals surface area contributed by atoms with Crippen molar-refractivity contribution in [2.45, 2.75) is 13.2 Å². The number of nitrogens with two attached hydrogens (primary N) is 1. The zero-order valence-electron chi connectivity index (χ0n) is 9.96. The summed E-state index contributed by atoms with van der Waals surface area (Å²) in [6.45, 7) is 0.751. The molecule has 0 spiro atoms. The fourth-order valence-corrected chi connectivity index (χ4v) is 2.07. The summed E-state index contributed by atoms with van der Waals surface area (Å²) in [5.74, 6) is 6.57. The highest BCUT2D eigenvalue weighted by Crippen LogP contribution is 2.19. The molecule has 2 aromatic rings. The molecule has 2 N–H and O–H groups in total. The maximum atomic E-state index is 5.60. The topological polar surface area (TPSA) is 66.6 Å². The number of ether oxygens (including phenoxy) is 2. The van der Waals surface area contributed by atoms with Crippen LogP contribution in [0.1, 0.15) is 10.7 Å². The van der Waals surface area contributed by atoms with Crippen LogP contribution in [0.25, 0.3) is 0 Å². The van der Waals surface area contributed by atoms with Crippen LogP contribution in [-0.4, -0.2) is 12.1 Å². The minimum Gasteiger partial charge on any atom is -0.497 e. The molecule has 0 aliphatic carbocycles. The van der Waals surface area contributed by atoms with Gasteiger partial charge >= 0.3 is 0 Å². The fraction of sp³-hybridized carbons (Fsp3) is 0.250. The summed E-state index contributed by atoms with van der Waals surface area (Å²) in [6, 6.07) is 7.42. The Morgan fingerprint density at radius 3 is 2.56 bits per heavy atom. The van der Waals surface area contributed by atoms with Gasteiger partial charge in [0.05, 0.1) is 12.8 Å². The van der Waals surface area contributed by atoms with Gasteiger partial charge in [-0.1, -0.05) is 0 Å². The van der Waals surface area contributed by atoms with E-state index in [1.165, 1.54) is 11.3 Å². The summed E-state index contributed by atoms with van der Waals surface area (Å²) in [7, 11) is 1.63. The third kappa shape index (κ3) is 3.43. The van der Waals surface area contributed by atoms with Gasteiger partial charge in [0.15, 0.2) is 0 Å². The van der Waals surface area contributed by atoms with Crippen molar-refractivity contribution < 1.29 is 14.3 Å². The quantitative estimate of drug-likeness (QED) is 0.811. The van der Waals surface area contributed by atoms with Gasteiger partial charge in [-0.25, -0.2) is 10.9 Å². The van der Waals surface area contributed by atoms with Crippen LogP contribution in [0.15, 0.2) is 29.6 Å². The van der Waals surface area contributed by atoms with E-state index in [0.29, 0.717) is 13.2 Å². The van der Waals surface area contributed by atoms with Crippen molar-refractivity contribution in [3.63, 3.8) is 0 Å². The Kier molecular flexibility index (Phi) is 4.52. The smallest absolute Gasteiger partial charge is 0.140 e. The number of hydrogen-bond acceptors (Lipinski definition) is 6. The second-order valence-electron chi connectivity index (χ2n) is 3.51. The summed E-state index contributed by atoms with van der Waals surface area (Å²) >= 11 is 1.52. The van der Waals surface area contributed by atoms with Crippen molar-refractivity contribution in [3.8, 4) is 11.5 Å². The molecule has 2 rings (SSSR count). The number of methoxy groups -OCH3 is 1. The van der Waals surface area contributed by atoms with E-state index in [4.69, 9.17) is 15.4 Å². The number of thiazole rings is 1. The molecule has 0 aliphatic heterocycles. The highest BCUT2D eigenvalue weighted by Gasteiger charge is 2.03. The van der Waals surface area contributed by atoms with Crippen LogP contribution in [0, 0.1) is 0 Å². The molecule has 1 aromatic carbocycles. The number of rotatable bonds is 6. The third-order valence-corrected chi connectivity index (χ3v) is 3.12. The van der Waals surface area contributed by atoms with Crippen molar-refractivity contribution >= 4 is 11.3 Å². The summed E-state index contributed by atoms with van der Waals surface area (Å²) < 4.78 is 10.7. The molecule has 6 heteroatoms. The lowest BCUT2D eigenvalue weighted by atomic mass is 10.3. The minimum absolute atomic E-state index is 0.318. The van der Waals surface area contributed by atoms with Gasteiger partial charge in [0, 0.05) is 5.38 Å². The highest BCUT2D eigenvalue weighted by molar-refractivity contribution is 7.09. The van der Waals surface area contributed by atoms with Crippen LogP contribution in [0.3, 0.4) is 0 Å². The Balaban J connectivity index is 1.89. The number of nitrogens with zero attached hydrogens (tertiary/aromatic N) is 1. The van der Waals surface area contributed by atoms with Gasteiger partial charge in [-0.3, -0.25) is 4.84 Å². The molecule has 18 heavy (non-hydrogen) atoms. The molecule has 0 unspecified atom stereocenters. The molecule has 0 radical (unpaired) electrons. The Morgan fingerprint density at radius 1 is 1.17 bits per heavy atom. The Labute approximate surface area is 109 Å². The molecular formula is C12H14N2O3S. The maximum Gasteiger partial charge on any atom is 0.140 e. The second kappa shape index (κ2) is 6.34. The van der Waals surface area contributed by atoms with Crippen LogP contribution < -0.4 is 15.4 Å². The van der Waals surface area contributed by atoms with Gasteiger partial charge in [-0.15, -0.1) is 11.3 Å². The standard InChI is InChI=1S/C12H14N2O3S/c1-15-10-2-4-11(5-3-10)16-7-12-14-9(6-17-13)8-18-12/h2-5,8H,6-7,13H2,1H3. The van der Waals surface area contributed by atoms with Crippen molar-refractivity contribution in [2.24, 2.45) is 5.90 Å². The lowest BCUT2D eigenvalue weighted by Gasteiger charge is -2.04. The number of aromatic nitrogens is 1. The molecule has 0 saturated heterocycles. The summed E-state index contributed by atoms with van der Waals surface area (Å²) in [5.41, 5.74) is 0.816. The van der Waals surface area contributed by atoms with Crippen LogP contribution in [0.5, 0.6) is 11.5 Å². The van der Waals surface area contributed by atoms with Crippen LogP contribution in [0.4, 0.5) is 0 Å². The highest BCUT2D eigenvalue weighted by atomic mass is 32.1. The van der Waals surface area contributed by atoms with Crippen LogP contribution in [-0.2, 0) is 18.1 Å². The molecule has 0 fully saturated rings. The van der Waals surface area contributed by atoms with E-state index in [1.807, 2.05) is 29.6 Å². The van der Waals surface area contributed by atoms with E-state index in [9.17, 15) is 0 Å². The maximum absolute atomic E-state index is 5.60. The predicted molar refractivity (Wildman–Crippen MR) is 68.4 cm³/mol. The van der Waals surface area contributed by atoms with Gasteiger partial charge in [-0.2, -0.15) is 0 Å². The summed E-state index contributed by atoms with van der Waals surface area (Å²) in [6.07, 6.45) is 0. The van der Waals surface area contributed by atoms with Crippen molar-refractivity contribution in [1.82, 2.24) is 4.98 Å². The lowest BCUT2D eigenvalue weighted by molar-refractivity contribution is 0.121. The first-order chi connectivity index (χ1) is 8.81. The molecule has 0 atom stereocenters. The average molecular weight is 266 g/mol. The van der Waals surface area contributed by atoms with Crippen molar-refractivity contribution in [2.75, 3.05) is 7.11 Å². The molecule has 0 aliphatic rings. The van der Waals surface area contributed by atoms with E-state index in [1.54, 1.807) is 7.11 Å². The van der Waals surface area contributed by atoms with Gasteiger partial charge in [0.1, 0.15) is 29.7 Å². The first-order valence-corrected chi connectivity index (χ1v) is 6.21. The monoisotopic (exact) mass is 266 g/mol. The van der Waals surface area contributed by atoms with E-state index in [2.05, 4.69) is 9.82 Å². The Bertz CT molecular complexity index is 484. The molecule has 0 bridgehead atoms. The predicted octanol–water partition coefficient (Wildman–Crippen LogP) is 2.12. The van der Waals surface area contributed by atoms with Gasteiger partial charge in [0.2, 0.25) is 0 Å². The lowest BCUT2D eigenvalue weighted by Crippen LogP contribution is -2.00. The Morgan fingerprint density at radius 2 is 1.89 bits per heavy atom. The number of benzene rings is 1. The summed E-state index contributed by atoms with van der Waals surface area (Å²) in [4.78, 5) is 8.83. The summed E-state index contributed by atoms with van der Waals surface area (Å²) in [5, 5.41) is 2.79. The normalized spacial score (nSPS) is 10.3. The SMILES string of the molecule is COc1ccc(OCc2nc(CON)cs2)cc1. The molecule has 96 valence electrons. The second-order valence-corrected chi connectivity index (χ2v) is 4.45. The molecule has 1 aromatic heterocycles.